The number of aromatic nitrogens is 2. The van der Waals surface area contributed by atoms with E-state index < -0.39 is 0 Å². The second-order valence-electron chi connectivity index (χ2n) is 9.86. The quantitative estimate of drug-likeness (QED) is 0.234. The Hall–Kier alpha value is -5.48. The van der Waals surface area contributed by atoms with Gasteiger partial charge in [-0.2, -0.15) is 0 Å². The number of fused-ring (bicyclic) bond motifs is 4. The Morgan fingerprint density at radius 1 is 0.400 bits per heavy atom. The molecule has 0 atom stereocenters. The molecule has 0 amide bonds. The van der Waals surface area contributed by atoms with Crippen LogP contribution in [0.1, 0.15) is 0 Å². The molecule has 0 radical (unpaired) electrons. The van der Waals surface area contributed by atoms with Gasteiger partial charge in [0.2, 0.25) is 0 Å². The summed E-state index contributed by atoms with van der Waals surface area (Å²) in [5.41, 5.74) is 8.53. The highest BCUT2D eigenvalue weighted by molar-refractivity contribution is 6.06. The maximum absolute atomic E-state index is 6.19. The van der Waals surface area contributed by atoms with Gasteiger partial charge in [0.25, 0.3) is 0 Å². The first-order valence-corrected chi connectivity index (χ1v) is 13.2. The molecule has 0 spiro atoms. The van der Waals surface area contributed by atoms with Crippen molar-refractivity contribution in [2.24, 2.45) is 0 Å². The predicted molar refractivity (Wildman–Crippen MR) is 161 cm³/mol. The largest absolute Gasteiger partial charge is 0.456 e. The maximum atomic E-state index is 6.19. The van der Waals surface area contributed by atoms with Crippen molar-refractivity contribution in [2.45, 2.75) is 0 Å². The van der Waals surface area contributed by atoms with Crippen molar-refractivity contribution in [2.75, 3.05) is 0 Å². The zero-order valence-corrected chi connectivity index (χ0v) is 21.4. The van der Waals surface area contributed by atoms with Crippen LogP contribution in [-0.4, -0.2) is 9.97 Å². The third-order valence-electron chi connectivity index (χ3n) is 7.33. The maximum Gasteiger partial charge on any atom is 0.196 e. The number of hydrogen-bond acceptors (Lipinski definition) is 4. The summed E-state index contributed by atoms with van der Waals surface area (Å²) in [6, 6.07) is 45.2. The van der Waals surface area contributed by atoms with Crippen molar-refractivity contribution >= 4 is 32.9 Å². The molecule has 5 aromatic carbocycles. The van der Waals surface area contributed by atoms with E-state index in [0.29, 0.717) is 11.6 Å². The SMILES string of the molecule is c1ccc(-c2ccc(-c3cc(-c4ccc5oc6ccccc6c5c4)nc(-c4cc5ccccc5o4)n3)cc2)cc1. The smallest absolute Gasteiger partial charge is 0.196 e. The van der Waals surface area contributed by atoms with Crippen LogP contribution in [0.3, 0.4) is 0 Å². The van der Waals surface area contributed by atoms with E-state index in [-0.39, 0.29) is 0 Å². The van der Waals surface area contributed by atoms with Gasteiger partial charge in [0.05, 0.1) is 11.4 Å². The summed E-state index contributed by atoms with van der Waals surface area (Å²) in [5.74, 6) is 1.19. The van der Waals surface area contributed by atoms with Gasteiger partial charge < -0.3 is 8.83 Å². The fraction of sp³-hybridized carbons (Fsp3) is 0. The molecule has 3 heterocycles. The molecule has 3 aromatic heterocycles. The van der Waals surface area contributed by atoms with Gasteiger partial charge in [-0.1, -0.05) is 91.0 Å². The molecule has 0 N–H and O–H groups in total. The van der Waals surface area contributed by atoms with Crippen LogP contribution in [0.2, 0.25) is 0 Å². The zero-order chi connectivity index (χ0) is 26.5. The average molecular weight is 515 g/mol. The Morgan fingerprint density at radius 3 is 1.85 bits per heavy atom. The van der Waals surface area contributed by atoms with Crippen LogP contribution in [0.15, 0.2) is 142 Å². The number of furan rings is 2. The monoisotopic (exact) mass is 514 g/mol. The van der Waals surface area contributed by atoms with E-state index in [0.717, 1.165) is 61.0 Å². The number of nitrogens with zero attached hydrogens (tertiary/aromatic N) is 2. The molecule has 0 aliphatic carbocycles. The van der Waals surface area contributed by atoms with Gasteiger partial charge in [0.1, 0.15) is 16.7 Å². The number of para-hydroxylation sites is 2. The van der Waals surface area contributed by atoms with Crippen LogP contribution in [0.5, 0.6) is 0 Å². The third kappa shape index (κ3) is 3.86. The fourth-order valence-corrected chi connectivity index (χ4v) is 5.29. The molecule has 0 unspecified atom stereocenters. The predicted octanol–water partition coefficient (Wildman–Crippen LogP) is 9.79. The van der Waals surface area contributed by atoms with Crippen LogP contribution in [0, 0.1) is 0 Å². The Labute approximate surface area is 230 Å². The van der Waals surface area contributed by atoms with Crippen molar-refractivity contribution in [3.63, 3.8) is 0 Å². The Kier molecular flexibility index (Phi) is 5.10. The van der Waals surface area contributed by atoms with Crippen molar-refractivity contribution < 1.29 is 8.83 Å². The lowest BCUT2D eigenvalue weighted by Gasteiger charge is -2.09. The van der Waals surface area contributed by atoms with Crippen molar-refractivity contribution in [1.82, 2.24) is 9.97 Å². The van der Waals surface area contributed by atoms with Crippen LogP contribution in [0.25, 0.3) is 78.1 Å². The van der Waals surface area contributed by atoms with E-state index >= 15 is 0 Å². The summed E-state index contributed by atoms with van der Waals surface area (Å²) in [4.78, 5) is 9.97. The molecule has 0 bridgehead atoms. The summed E-state index contributed by atoms with van der Waals surface area (Å²) >= 11 is 0. The van der Waals surface area contributed by atoms with Gasteiger partial charge in [-0.3, -0.25) is 0 Å². The molecule has 8 rings (SSSR count). The zero-order valence-electron chi connectivity index (χ0n) is 21.4. The molecule has 4 heteroatoms. The van der Waals surface area contributed by atoms with E-state index in [1.165, 1.54) is 5.56 Å². The minimum atomic E-state index is 0.549. The lowest BCUT2D eigenvalue weighted by molar-refractivity contribution is 0.625. The summed E-state index contributed by atoms with van der Waals surface area (Å²) in [6.07, 6.45) is 0. The Bertz CT molecular complexity index is 2120. The Morgan fingerprint density at radius 2 is 1.02 bits per heavy atom. The molecule has 0 aliphatic heterocycles. The minimum absolute atomic E-state index is 0.549. The molecule has 0 saturated heterocycles. The molecule has 40 heavy (non-hydrogen) atoms. The van der Waals surface area contributed by atoms with Gasteiger partial charge in [-0.15, -0.1) is 0 Å². The van der Waals surface area contributed by atoms with E-state index in [4.69, 9.17) is 18.8 Å². The number of benzene rings is 5. The highest BCUT2D eigenvalue weighted by Gasteiger charge is 2.16. The third-order valence-corrected chi connectivity index (χ3v) is 7.33. The van der Waals surface area contributed by atoms with Gasteiger partial charge in [0, 0.05) is 27.3 Å². The first-order valence-electron chi connectivity index (χ1n) is 13.2. The van der Waals surface area contributed by atoms with Crippen molar-refractivity contribution in [1.29, 1.82) is 0 Å². The summed E-state index contributed by atoms with van der Waals surface area (Å²) in [5, 5.41) is 3.17. The molecule has 0 fully saturated rings. The molecule has 0 saturated carbocycles. The lowest BCUT2D eigenvalue weighted by atomic mass is 10.0. The molecule has 0 aliphatic rings. The highest BCUT2D eigenvalue weighted by atomic mass is 16.3. The van der Waals surface area contributed by atoms with Crippen LogP contribution in [-0.2, 0) is 0 Å². The second-order valence-corrected chi connectivity index (χ2v) is 9.86. The van der Waals surface area contributed by atoms with Gasteiger partial charge in [0.15, 0.2) is 11.6 Å². The normalized spacial score (nSPS) is 11.5. The standard InChI is InChI=1S/C36H22N2O2/c1-2-8-23(9-3-1)24-14-16-25(17-15-24)30-22-31(38-36(37-30)35-21-27-10-4-6-12-32(27)39-35)26-18-19-34-29(20-26)28-11-5-7-13-33(28)40-34/h1-22H. The van der Waals surface area contributed by atoms with E-state index in [1.807, 2.05) is 66.7 Å². The summed E-state index contributed by atoms with van der Waals surface area (Å²) < 4.78 is 12.3. The van der Waals surface area contributed by atoms with Crippen LogP contribution >= 0.6 is 0 Å². The number of hydrogen-bond donors (Lipinski definition) is 0. The van der Waals surface area contributed by atoms with Crippen molar-refractivity contribution in [3.8, 4) is 45.2 Å². The highest BCUT2D eigenvalue weighted by Crippen LogP contribution is 2.35. The molecular weight excluding hydrogens is 492 g/mol. The van der Waals surface area contributed by atoms with Crippen LogP contribution < -0.4 is 0 Å². The fourth-order valence-electron chi connectivity index (χ4n) is 5.29. The second kappa shape index (κ2) is 9.07. The topological polar surface area (TPSA) is 52.1 Å². The summed E-state index contributed by atoms with van der Waals surface area (Å²) in [6.45, 7) is 0. The first-order chi connectivity index (χ1) is 19.8. The molecule has 4 nitrogen and oxygen atoms in total. The van der Waals surface area contributed by atoms with Gasteiger partial charge in [-0.05, 0) is 53.6 Å². The average Bonchev–Trinajstić information content (AvgIpc) is 3.63. The molecule has 188 valence electrons. The Balaban J connectivity index is 1.29. The lowest BCUT2D eigenvalue weighted by Crippen LogP contribution is -1.95. The molecule has 8 aromatic rings. The van der Waals surface area contributed by atoms with E-state index in [9.17, 15) is 0 Å². The molecular formula is C36H22N2O2. The summed E-state index contributed by atoms with van der Waals surface area (Å²) in [7, 11) is 0. The van der Waals surface area contributed by atoms with Gasteiger partial charge >= 0.3 is 0 Å². The number of rotatable bonds is 4. The van der Waals surface area contributed by atoms with Gasteiger partial charge in [-0.25, -0.2) is 9.97 Å². The van der Waals surface area contributed by atoms with E-state index in [1.54, 1.807) is 0 Å². The van der Waals surface area contributed by atoms with E-state index in [2.05, 4.69) is 66.7 Å². The minimum Gasteiger partial charge on any atom is -0.456 e. The van der Waals surface area contributed by atoms with Crippen LogP contribution in [0.4, 0.5) is 0 Å². The van der Waals surface area contributed by atoms with Crippen molar-refractivity contribution in [3.05, 3.63) is 133 Å². The first kappa shape index (κ1) is 22.5.